The molecule has 0 bridgehead atoms. The third-order valence-electron chi connectivity index (χ3n) is 6.11. The first-order chi connectivity index (χ1) is 16.6. The van der Waals surface area contributed by atoms with Crippen molar-refractivity contribution in [2.75, 3.05) is 0 Å². The summed E-state index contributed by atoms with van der Waals surface area (Å²) in [7, 11) is -5.58. The fourth-order valence-corrected chi connectivity index (χ4v) is 6.76. The SMILES string of the molecule is CC(C)(C)[S@@](=O)NC(c1ncn2c1C[C@@H](F)C2)c1cc2ccccc2n1S(=O)(=O)c1ccccc1. The Kier molecular flexibility index (Phi) is 5.93. The van der Waals surface area contributed by atoms with E-state index in [1.807, 2.05) is 32.9 Å². The fraction of sp³-hybridized carbons (Fsp3) is 0.320. The topological polar surface area (TPSA) is 86.0 Å². The predicted molar refractivity (Wildman–Crippen MR) is 135 cm³/mol. The van der Waals surface area contributed by atoms with Gasteiger partial charge in [0.2, 0.25) is 0 Å². The van der Waals surface area contributed by atoms with Crippen LogP contribution in [0.15, 0.2) is 71.9 Å². The summed E-state index contributed by atoms with van der Waals surface area (Å²) in [4.78, 5) is 4.68. The van der Waals surface area contributed by atoms with E-state index in [0.29, 0.717) is 22.6 Å². The van der Waals surface area contributed by atoms with Crippen LogP contribution >= 0.6 is 0 Å². The van der Waals surface area contributed by atoms with Gasteiger partial charge in [-0.25, -0.2) is 30.7 Å². The number of nitrogens with one attached hydrogen (secondary N) is 1. The molecule has 2 aromatic carbocycles. The van der Waals surface area contributed by atoms with Crippen molar-refractivity contribution >= 4 is 31.9 Å². The standard InChI is InChI=1S/C25H27FN4O3S2/c1-25(2,3)34(31)28-24(23-21-14-18(26)15-29(21)16-27-23)22-13-17-9-7-8-12-20(17)30(22)35(32,33)19-10-5-4-6-11-19/h4-13,16,18,24,28H,14-15H2,1-3H3/t18-,24?,34-/m1/s1. The first kappa shape index (κ1) is 23.9. The fourth-order valence-electron chi connectivity index (χ4n) is 4.39. The van der Waals surface area contributed by atoms with Crippen molar-refractivity contribution in [3.63, 3.8) is 0 Å². The number of alkyl halides is 1. The van der Waals surface area contributed by atoms with Gasteiger partial charge in [0.25, 0.3) is 10.0 Å². The van der Waals surface area contributed by atoms with E-state index in [0.717, 1.165) is 5.39 Å². The van der Waals surface area contributed by atoms with Crippen LogP contribution in [-0.2, 0) is 34.0 Å². The molecule has 4 aromatic rings. The number of benzene rings is 2. The van der Waals surface area contributed by atoms with Crippen LogP contribution < -0.4 is 4.72 Å². The van der Waals surface area contributed by atoms with Crippen LogP contribution in [0.1, 0.15) is 43.9 Å². The zero-order valence-corrected chi connectivity index (χ0v) is 21.3. The minimum absolute atomic E-state index is 0.136. The van der Waals surface area contributed by atoms with Gasteiger partial charge in [0.1, 0.15) is 12.2 Å². The Bertz CT molecular complexity index is 1520. The van der Waals surface area contributed by atoms with Crippen molar-refractivity contribution in [3.05, 3.63) is 84.1 Å². The van der Waals surface area contributed by atoms with Crippen LogP contribution in [0.5, 0.6) is 0 Å². The largest absolute Gasteiger partial charge is 0.331 e. The summed E-state index contributed by atoms with van der Waals surface area (Å²) < 4.78 is 61.0. The molecule has 10 heteroatoms. The van der Waals surface area contributed by atoms with Gasteiger partial charge in [-0.05, 0) is 45.0 Å². The van der Waals surface area contributed by atoms with Gasteiger partial charge in [-0.1, -0.05) is 36.4 Å². The van der Waals surface area contributed by atoms with Crippen LogP contribution in [0.4, 0.5) is 4.39 Å². The number of nitrogens with zero attached hydrogens (tertiary/aromatic N) is 3. The maximum absolute atomic E-state index is 14.3. The molecular formula is C25H27FN4O3S2. The Labute approximate surface area is 206 Å². The van der Waals surface area contributed by atoms with Crippen molar-refractivity contribution in [1.29, 1.82) is 0 Å². The number of imidazole rings is 1. The molecule has 0 fully saturated rings. The molecule has 0 radical (unpaired) electrons. The number of hydrogen-bond acceptors (Lipinski definition) is 4. The minimum atomic E-state index is -4.02. The summed E-state index contributed by atoms with van der Waals surface area (Å²) in [6.07, 6.45) is 0.693. The van der Waals surface area contributed by atoms with Crippen molar-refractivity contribution in [2.45, 2.75) is 55.6 Å². The van der Waals surface area contributed by atoms with Crippen LogP contribution in [0.25, 0.3) is 10.9 Å². The third kappa shape index (κ3) is 4.23. The number of halogens is 1. The molecule has 0 saturated heterocycles. The molecule has 0 aliphatic carbocycles. The highest BCUT2D eigenvalue weighted by Crippen LogP contribution is 2.35. The second kappa shape index (κ2) is 8.69. The van der Waals surface area contributed by atoms with Crippen LogP contribution in [0.3, 0.4) is 0 Å². The average Bonchev–Trinajstić information content (AvgIpc) is 3.49. The van der Waals surface area contributed by atoms with E-state index in [9.17, 15) is 17.0 Å². The Morgan fingerprint density at radius 2 is 1.80 bits per heavy atom. The molecule has 35 heavy (non-hydrogen) atoms. The maximum atomic E-state index is 14.3. The normalized spacial score (nSPS) is 18.0. The molecule has 1 unspecified atom stereocenters. The van der Waals surface area contributed by atoms with E-state index in [1.165, 1.54) is 3.97 Å². The number of rotatable bonds is 6. The highest BCUT2D eigenvalue weighted by Gasteiger charge is 2.36. The molecule has 7 nitrogen and oxygen atoms in total. The smallest absolute Gasteiger partial charge is 0.268 e. The van der Waals surface area contributed by atoms with Crippen molar-refractivity contribution in [1.82, 2.24) is 18.2 Å². The molecule has 1 aliphatic rings. The number of hydrogen-bond donors (Lipinski definition) is 1. The van der Waals surface area contributed by atoms with Crippen LogP contribution in [-0.4, -0.2) is 37.1 Å². The second-order valence-electron chi connectivity index (χ2n) is 9.67. The lowest BCUT2D eigenvalue weighted by Crippen LogP contribution is -2.37. The molecule has 2 aromatic heterocycles. The van der Waals surface area contributed by atoms with Gasteiger partial charge in [-0.3, -0.25) is 0 Å². The van der Waals surface area contributed by atoms with Crippen molar-refractivity contribution < 1.29 is 17.0 Å². The molecule has 1 aliphatic heterocycles. The van der Waals surface area contributed by atoms with Gasteiger partial charge >= 0.3 is 0 Å². The van der Waals surface area contributed by atoms with Crippen molar-refractivity contribution in [2.24, 2.45) is 0 Å². The Morgan fingerprint density at radius 1 is 1.11 bits per heavy atom. The Balaban J connectivity index is 1.77. The van der Waals surface area contributed by atoms with Gasteiger partial charge in [0, 0.05) is 17.5 Å². The molecule has 0 amide bonds. The molecular weight excluding hydrogens is 487 g/mol. The molecule has 184 valence electrons. The number of para-hydroxylation sites is 1. The quantitative estimate of drug-likeness (QED) is 0.420. The lowest BCUT2D eigenvalue weighted by molar-refractivity contribution is 0.328. The van der Waals surface area contributed by atoms with Gasteiger partial charge in [0.15, 0.2) is 0 Å². The van der Waals surface area contributed by atoms with Crippen LogP contribution in [0.2, 0.25) is 0 Å². The second-order valence-corrected chi connectivity index (χ2v) is 13.5. The molecule has 0 spiro atoms. The molecule has 3 heterocycles. The molecule has 5 rings (SSSR count). The highest BCUT2D eigenvalue weighted by atomic mass is 32.2. The Morgan fingerprint density at radius 3 is 2.51 bits per heavy atom. The van der Waals surface area contributed by atoms with Gasteiger partial charge < -0.3 is 4.57 Å². The van der Waals surface area contributed by atoms with E-state index in [1.54, 1.807) is 59.4 Å². The molecule has 0 saturated carbocycles. The van der Waals surface area contributed by atoms with E-state index in [4.69, 9.17) is 0 Å². The maximum Gasteiger partial charge on any atom is 0.268 e. The van der Waals surface area contributed by atoms with Gasteiger partial charge in [0.05, 0.1) is 50.4 Å². The predicted octanol–water partition coefficient (Wildman–Crippen LogP) is 4.11. The number of fused-ring (bicyclic) bond motifs is 2. The summed E-state index contributed by atoms with van der Waals surface area (Å²) in [6, 6.07) is 16.3. The first-order valence-electron chi connectivity index (χ1n) is 11.3. The average molecular weight is 515 g/mol. The first-order valence-corrected chi connectivity index (χ1v) is 13.9. The van der Waals surface area contributed by atoms with Gasteiger partial charge in [-0.2, -0.15) is 0 Å². The van der Waals surface area contributed by atoms with E-state index < -0.39 is 38.0 Å². The van der Waals surface area contributed by atoms with E-state index in [-0.39, 0.29) is 17.9 Å². The Hall–Kier alpha value is -2.82. The number of aromatic nitrogens is 3. The molecule has 1 N–H and O–H groups in total. The summed E-state index contributed by atoms with van der Waals surface area (Å²) in [5.41, 5.74) is 2.03. The van der Waals surface area contributed by atoms with E-state index in [2.05, 4.69) is 9.71 Å². The monoisotopic (exact) mass is 514 g/mol. The lowest BCUT2D eigenvalue weighted by atomic mass is 10.1. The molecule has 3 atom stereocenters. The zero-order valence-electron chi connectivity index (χ0n) is 19.7. The lowest BCUT2D eigenvalue weighted by Gasteiger charge is -2.25. The van der Waals surface area contributed by atoms with Gasteiger partial charge in [-0.15, -0.1) is 0 Å². The third-order valence-corrected chi connectivity index (χ3v) is 9.43. The van der Waals surface area contributed by atoms with E-state index >= 15 is 0 Å². The van der Waals surface area contributed by atoms with Crippen molar-refractivity contribution in [3.8, 4) is 0 Å². The minimum Gasteiger partial charge on any atom is -0.331 e. The summed E-state index contributed by atoms with van der Waals surface area (Å²) in [6.45, 7) is 5.69. The summed E-state index contributed by atoms with van der Waals surface area (Å²) >= 11 is 0. The highest BCUT2D eigenvalue weighted by molar-refractivity contribution is 7.90. The zero-order chi connectivity index (χ0) is 25.0. The van der Waals surface area contributed by atoms with Crippen LogP contribution in [0, 0.1) is 0 Å². The summed E-state index contributed by atoms with van der Waals surface area (Å²) in [5, 5.41) is 0.717. The summed E-state index contributed by atoms with van der Waals surface area (Å²) in [5.74, 6) is 0.